The summed E-state index contributed by atoms with van der Waals surface area (Å²) in [5.74, 6) is -2.41. The van der Waals surface area contributed by atoms with Crippen molar-refractivity contribution in [3.8, 4) is 0 Å². The minimum Gasteiger partial charge on any atom is -0.499 e. The molecule has 0 radical (unpaired) electrons. The molecular formula is C20H31NO11. The largest absolute Gasteiger partial charge is 0.499 e. The molecule has 1 amide bonds. The van der Waals surface area contributed by atoms with E-state index in [-0.39, 0.29) is 19.8 Å². The van der Waals surface area contributed by atoms with Crippen molar-refractivity contribution in [1.29, 1.82) is 0 Å². The molecule has 1 saturated heterocycles. The average molecular weight is 461 g/mol. The van der Waals surface area contributed by atoms with Gasteiger partial charge in [0.2, 0.25) is 5.91 Å². The Bertz CT molecular complexity index is 653. The van der Waals surface area contributed by atoms with E-state index >= 15 is 0 Å². The summed E-state index contributed by atoms with van der Waals surface area (Å²) in [6.45, 7) is 8.77. The van der Waals surface area contributed by atoms with Crippen LogP contribution in [0.2, 0.25) is 0 Å². The van der Waals surface area contributed by atoms with Crippen molar-refractivity contribution in [3.05, 3.63) is 12.8 Å². The van der Waals surface area contributed by atoms with E-state index in [0.717, 1.165) is 6.92 Å². The average Bonchev–Trinajstić information content (AvgIpc) is 2.68. The minimum atomic E-state index is -1.17. The van der Waals surface area contributed by atoms with E-state index in [1.807, 2.05) is 0 Å². The van der Waals surface area contributed by atoms with Gasteiger partial charge in [0.25, 0.3) is 0 Å². The lowest BCUT2D eigenvalue weighted by Crippen LogP contribution is -2.66. The third-order valence-electron chi connectivity index (χ3n) is 4.04. The van der Waals surface area contributed by atoms with Crippen molar-refractivity contribution >= 4 is 23.8 Å². The summed E-state index contributed by atoms with van der Waals surface area (Å²) in [6.07, 6.45) is -3.18. The molecular weight excluding hydrogens is 430 g/mol. The molecule has 1 N–H and O–H groups in total. The van der Waals surface area contributed by atoms with Gasteiger partial charge in [-0.1, -0.05) is 6.58 Å². The number of carbonyl (C=O) groups excluding carboxylic acids is 4. The summed E-state index contributed by atoms with van der Waals surface area (Å²) in [4.78, 5) is 46.5. The van der Waals surface area contributed by atoms with Crippen LogP contribution in [0.3, 0.4) is 0 Å². The fraction of sp³-hybridized carbons (Fsp3) is 0.700. The molecule has 32 heavy (non-hydrogen) atoms. The van der Waals surface area contributed by atoms with Gasteiger partial charge in [-0.25, -0.2) is 0 Å². The highest BCUT2D eigenvalue weighted by Gasteiger charge is 2.51. The van der Waals surface area contributed by atoms with E-state index in [1.54, 1.807) is 0 Å². The van der Waals surface area contributed by atoms with Crippen LogP contribution in [0.1, 0.15) is 27.7 Å². The molecule has 0 aliphatic carbocycles. The molecule has 12 nitrogen and oxygen atoms in total. The Kier molecular flexibility index (Phi) is 12.3. The van der Waals surface area contributed by atoms with E-state index in [4.69, 9.17) is 33.2 Å². The fourth-order valence-electron chi connectivity index (χ4n) is 2.95. The monoisotopic (exact) mass is 461 g/mol. The number of hydrogen-bond acceptors (Lipinski definition) is 11. The van der Waals surface area contributed by atoms with Crippen molar-refractivity contribution in [2.75, 3.05) is 33.0 Å². The molecule has 1 aliphatic rings. The SMILES string of the molecule is C=COCCOCCOC1OC(COC(C)=O)C(OC(C)=O)C(OC(C)=O)C1NC(C)=O. The summed E-state index contributed by atoms with van der Waals surface area (Å²) in [6, 6.07) is -1.02. The van der Waals surface area contributed by atoms with Gasteiger partial charge in [0, 0.05) is 27.7 Å². The Morgan fingerprint density at radius 3 is 2.09 bits per heavy atom. The maximum Gasteiger partial charge on any atom is 0.303 e. The van der Waals surface area contributed by atoms with Crippen LogP contribution in [-0.4, -0.2) is 87.5 Å². The molecule has 1 heterocycles. The van der Waals surface area contributed by atoms with Gasteiger partial charge in [-0.05, 0) is 0 Å². The standard InChI is InChI=1S/C20H31NO11/c1-6-26-7-8-27-9-10-28-20-17(21-12(2)22)19(31-15(5)25)18(30-14(4)24)16(32-20)11-29-13(3)23/h6,16-20H,1,7-11H2,2-5H3,(H,21,22). The van der Waals surface area contributed by atoms with Crippen LogP contribution >= 0.6 is 0 Å². The Balaban J connectivity index is 3.02. The maximum absolute atomic E-state index is 11.8. The number of esters is 3. The van der Waals surface area contributed by atoms with Gasteiger partial charge < -0.3 is 38.5 Å². The molecule has 0 aromatic rings. The van der Waals surface area contributed by atoms with Gasteiger partial charge in [-0.2, -0.15) is 0 Å². The lowest BCUT2D eigenvalue weighted by atomic mass is 9.96. The third-order valence-corrected chi connectivity index (χ3v) is 4.04. The summed E-state index contributed by atoms with van der Waals surface area (Å²) in [5.41, 5.74) is 0. The molecule has 12 heteroatoms. The third kappa shape index (κ3) is 10.1. The molecule has 0 bridgehead atoms. The molecule has 182 valence electrons. The van der Waals surface area contributed by atoms with Gasteiger partial charge >= 0.3 is 17.9 Å². The van der Waals surface area contributed by atoms with Gasteiger partial charge in [0.1, 0.15) is 25.4 Å². The summed E-state index contributed by atoms with van der Waals surface area (Å²) < 4.78 is 37.5. The topological polar surface area (TPSA) is 145 Å². The second-order valence-corrected chi connectivity index (χ2v) is 6.74. The van der Waals surface area contributed by atoms with E-state index in [1.165, 1.54) is 27.0 Å². The highest BCUT2D eigenvalue weighted by atomic mass is 16.7. The molecule has 1 rings (SSSR count). The first-order valence-corrected chi connectivity index (χ1v) is 9.97. The predicted octanol–water partition coefficient (Wildman–Crippen LogP) is -0.164. The van der Waals surface area contributed by atoms with Crippen molar-refractivity contribution < 1.29 is 52.3 Å². The number of nitrogens with one attached hydrogen (secondary N) is 1. The highest BCUT2D eigenvalue weighted by Crippen LogP contribution is 2.28. The molecule has 0 aromatic heterocycles. The van der Waals surface area contributed by atoms with Gasteiger partial charge in [-0.15, -0.1) is 0 Å². The summed E-state index contributed by atoms with van der Waals surface area (Å²) in [7, 11) is 0. The predicted molar refractivity (Wildman–Crippen MR) is 107 cm³/mol. The van der Waals surface area contributed by atoms with E-state index in [0.29, 0.717) is 13.2 Å². The van der Waals surface area contributed by atoms with Crippen LogP contribution in [0.4, 0.5) is 0 Å². The number of amides is 1. The zero-order chi connectivity index (χ0) is 24.1. The number of ether oxygens (including phenoxy) is 7. The zero-order valence-corrected chi connectivity index (χ0v) is 18.7. The Hall–Kier alpha value is -2.70. The molecule has 1 aliphatic heterocycles. The van der Waals surface area contributed by atoms with Crippen LogP contribution < -0.4 is 5.32 Å². The normalized spacial score (nSPS) is 24.7. The smallest absolute Gasteiger partial charge is 0.303 e. The molecule has 0 spiro atoms. The lowest BCUT2D eigenvalue weighted by Gasteiger charge is -2.44. The van der Waals surface area contributed by atoms with Crippen molar-refractivity contribution in [1.82, 2.24) is 5.32 Å². The van der Waals surface area contributed by atoms with Crippen LogP contribution in [-0.2, 0) is 52.3 Å². The lowest BCUT2D eigenvalue weighted by molar-refractivity contribution is -0.279. The second kappa shape index (κ2) is 14.4. The Morgan fingerprint density at radius 2 is 1.53 bits per heavy atom. The number of carbonyl (C=O) groups is 4. The first-order chi connectivity index (χ1) is 15.1. The Morgan fingerprint density at radius 1 is 0.906 bits per heavy atom. The van der Waals surface area contributed by atoms with Crippen LogP contribution in [0, 0.1) is 0 Å². The first kappa shape index (κ1) is 27.3. The molecule has 5 atom stereocenters. The second-order valence-electron chi connectivity index (χ2n) is 6.74. The first-order valence-electron chi connectivity index (χ1n) is 9.97. The van der Waals surface area contributed by atoms with E-state index in [2.05, 4.69) is 11.9 Å². The van der Waals surface area contributed by atoms with Crippen molar-refractivity contribution in [3.63, 3.8) is 0 Å². The van der Waals surface area contributed by atoms with Gasteiger partial charge in [0.15, 0.2) is 18.5 Å². The Labute approximate surface area is 186 Å². The van der Waals surface area contributed by atoms with Gasteiger partial charge in [0.05, 0.1) is 26.1 Å². The number of hydrogen-bond donors (Lipinski definition) is 1. The quantitative estimate of drug-likeness (QED) is 0.169. The van der Waals surface area contributed by atoms with Crippen molar-refractivity contribution in [2.24, 2.45) is 0 Å². The summed E-state index contributed by atoms with van der Waals surface area (Å²) >= 11 is 0. The van der Waals surface area contributed by atoms with Crippen LogP contribution in [0.5, 0.6) is 0 Å². The van der Waals surface area contributed by atoms with Crippen LogP contribution in [0.15, 0.2) is 12.8 Å². The van der Waals surface area contributed by atoms with Crippen molar-refractivity contribution in [2.45, 2.75) is 58.3 Å². The van der Waals surface area contributed by atoms with E-state index in [9.17, 15) is 19.2 Å². The maximum atomic E-state index is 11.8. The highest BCUT2D eigenvalue weighted by molar-refractivity contribution is 5.73. The minimum absolute atomic E-state index is 0.0557. The van der Waals surface area contributed by atoms with E-state index < -0.39 is 54.5 Å². The van der Waals surface area contributed by atoms with Crippen LogP contribution in [0.25, 0.3) is 0 Å². The molecule has 5 unspecified atom stereocenters. The summed E-state index contributed by atoms with van der Waals surface area (Å²) in [5, 5.41) is 2.61. The zero-order valence-electron chi connectivity index (χ0n) is 18.7. The van der Waals surface area contributed by atoms with Gasteiger partial charge in [-0.3, -0.25) is 19.2 Å². The molecule has 1 fully saturated rings. The fourth-order valence-corrected chi connectivity index (χ4v) is 2.95. The molecule has 0 aromatic carbocycles. The molecule has 0 saturated carbocycles. The number of rotatable bonds is 13.